The fourth-order valence-corrected chi connectivity index (χ4v) is 2.00. The van der Waals surface area contributed by atoms with Crippen LogP contribution in [0.3, 0.4) is 0 Å². The van der Waals surface area contributed by atoms with Gasteiger partial charge in [0.05, 0.1) is 0 Å². The predicted octanol–water partition coefficient (Wildman–Crippen LogP) is 9.64. The summed E-state index contributed by atoms with van der Waals surface area (Å²) in [5, 5.41) is 0. The molecule has 0 heterocycles. The van der Waals surface area contributed by atoms with E-state index in [0.29, 0.717) is 11.3 Å². The molecule has 0 N–H and O–H groups in total. The van der Waals surface area contributed by atoms with Crippen LogP contribution in [0.15, 0.2) is 0 Å². The largest absolute Gasteiger partial charge is 2.00 e. The van der Waals surface area contributed by atoms with Gasteiger partial charge in [-0.25, -0.2) is 0 Å². The smallest absolute Gasteiger partial charge is 0.346 e. The van der Waals surface area contributed by atoms with Crippen molar-refractivity contribution in [2.24, 2.45) is 17.3 Å². The molecule has 2 atom stereocenters. The van der Waals surface area contributed by atoms with Crippen LogP contribution in [-0.4, -0.2) is 0 Å². The van der Waals surface area contributed by atoms with E-state index in [2.05, 4.69) is 48.5 Å². The van der Waals surface area contributed by atoms with Crippen molar-refractivity contribution >= 4 is 0 Å². The first-order chi connectivity index (χ1) is 10.9. The van der Waals surface area contributed by atoms with Crippen molar-refractivity contribution < 1.29 is 18.6 Å². The molecule has 0 fully saturated rings. The Kier molecular flexibility index (Phi) is 80.6. The summed E-state index contributed by atoms with van der Waals surface area (Å²) in [5.74, 6) is 1.48. The molecule has 24 heavy (non-hydrogen) atoms. The second-order valence-corrected chi connectivity index (χ2v) is 5.48. The quantitative estimate of drug-likeness (QED) is 0.414. The third kappa shape index (κ3) is 49.5. The van der Waals surface area contributed by atoms with Crippen LogP contribution in [0.4, 0.5) is 0 Å². The monoisotopic (exact) mass is 383 g/mol. The van der Waals surface area contributed by atoms with E-state index in [1.165, 1.54) is 25.7 Å². The zero-order valence-corrected chi connectivity index (χ0v) is 21.7. The summed E-state index contributed by atoms with van der Waals surface area (Å²) in [4.78, 5) is 0. The van der Waals surface area contributed by atoms with E-state index in [0.717, 1.165) is 5.92 Å². The molecular formula is C23H56V. The van der Waals surface area contributed by atoms with Crippen LogP contribution in [0.2, 0.25) is 0 Å². The molecule has 0 aromatic carbocycles. The first-order valence-corrected chi connectivity index (χ1v) is 10.4. The van der Waals surface area contributed by atoms with Crippen LogP contribution < -0.4 is 0 Å². The molecule has 2 unspecified atom stereocenters. The van der Waals surface area contributed by atoms with Crippen LogP contribution in [0.5, 0.6) is 0 Å². The van der Waals surface area contributed by atoms with Crippen molar-refractivity contribution in [2.45, 2.75) is 123 Å². The number of hydrogen-bond acceptors (Lipinski definition) is 0. The van der Waals surface area contributed by atoms with Gasteiger partial charge in [-0.15, -0.1) is 0 Å². The minimum atomic E-state index is 0. The average Bonchev–Trinajstić information content (AvgIpc) is 2.61. The van der Waals surface area contributed by atoms with Gasteiger partial charge in [0.2, 0.25) is 0 Å². The van der Waals surface area contributed by atoms with Crippen molar-refractivity contribution in [2.75, 3.05) is 0 Å². The SMILES string of the molecule is CC.CC.CC.CC.[CH2-]C.[CH2-]C(CC)C(CCC)CC(C)(C)C.[V+2]. The Morgan fingerprint density at radius 3 is 1.21 bits per heavy atom. The molecule has 0 bridgehead atoms. The second kappa shape index (κ2) is 43.7. The molecule has 1 heteroatoms. The van der Waals surface area contributed by atoms with Crippen LogP contribution in [-0.2, 0) is 18.6 Å². The van der Waals surface area contributed by atoms with Crippen LogP contribution >= 0.6 is 0 Å². The minimum Gasteiger partial charge on any atom is -0.346 e. The minimum absolute atomic E-state index is 0. The molecule has 0 aromatic rings. The maximum Gasteiger partial charge on any atom is 2.00 e. The van der Waals surface area contributed by atoms with E-state index in [1.54, 1.807) is 6.92 Å². The second-order valence-electron chi connectivity index (χ2n) is 5.48. The van der Waals surface area contributed by atoms with Gasteiger partial charge in [0.15, 0.2) is 0 Å². The molecule has 0 spiro atoms. The zero-order valence-electron chi connectivity index (χ0n) is 20.3. The normalized spacial score (nSPS) is 10.5. The Balaban J connectivity index is -0.0000000448. The summed E-state index contributed by atoms with van der Waals surface area (Å²) in [6.07, 6.45) is 5.19. The van der Waals surface area contributed by atoms with Gasteiger partial charge < -0.3 is 13.8 Å². The van der Waals surface area contributed by atoms with E-state index in [-0.39, 0.29) is 18.6 Å². The first-order valence-electron chi connectivity index (χ1n) is 10.4. The third-order valence-corrected chi connectivity index (χ3v) is 2.73. The molecule has 153 valence electrons. The van der Waals surface area contributed by atoms with Crippen molar-refractivity contribution in [1.82, 2.24) is 0 Å². The van der Waals surface area contributed by atoms with E-state index in [4.69, 9.17) is 0 Å². The Labute approximate surface area is 172 Å². The summed E-state index contributed by atoms with van der Waals surface area (Å²) >= 11 is 0. The Hall–Kier alpha value is 0.584. The molecular weight excluding hydrogens is 327 g/mol. The van der Waals surface area contributed by atoms with Gasteiger partial charge in [0, 0.05) is 0 Å². The van der Waals surface area contributed by atoms with E-state index in [1.807, 2.05) is 55.4 Å². The van der Waals surface area contributed by atoms with E-state index < -0.39 is 0 Å². The van der Waals surface area contributed by atoms with Crippen molar-refractivity contribution in [3.05, 3.63) is 13.8 Å². The molecule has 0 nitrogen and oxygen atoms in total. The molecule has 0 rings (SSSR count). The maximum absolute atomic E-state index is 4.26. The molecule has 0 aliphatic carbocycles. The van der Waals surface area contributed by atoms with E-state index in [9.17, 15) is 0 Å². The summed E-state index contributed by atoms with van der Waals surface area (Å²) < 4.78 is 0. The molecule has 0 amide bonds. The average molecular weight is 384 g/mol. The van der Waals surface area contributed by atoms with Crippen molar-refractivity contribution in [3.8, 4) is 0 Å². The molecule has 0 aromatic heterocycles. The van der Waals surface area contributed by atoms with Gasteiger partial charge in [0.25, 0.3) is 0 Å². The zero-order chi connectivity index (χ0) is 20.5. The first kappa shape index (κ1) is 44.2. The van der Waals surface area contributed by atoms with Gasteiger partial charge in [-0.3, -0.25) is 0 Å². The third-order valence-electron chi connectivity index (χ3n) is 2.73. The predicted molar refractivity (Wildman–Crippen MR) is 118 cm³/mol. The van der Waals surface area contributed by atoms with Gasteiger partial charge in [-0.1, -0.05) is 115 Å². The van der Waals surface area contributed by atoms with Gasteiger partial charge in [-0.05, 0) is 11.8 Å². The van der Waals surface area contributed by atoms with Gasteiger partial charge in [0.1, 0.15) is 0 Å². The topological polar surface area (TPSA) is 0 Å². The van der Waals surface area contributed by atoms with E-state index >= 15 is 0 Å². The standard InChI is InChI=1S/C13H27.4C2H6.C2H5.V/c1-7-9-12(11(3)8-2)10-13(4,5)6;5*1-2;/h11-12H,3,7-10H2,1-2,4-6H3;4*1-2H3;1H2,2H3;/q-1;;;;;-1;+2. The molecule has 0 aliphatic heterocycles. The molecule has 0 saturated heterocycles. The maximum atomic E-state index is 4.26. The van der Waals surface area contributed by atoms with Crippen LogP contribution in [0.1, 0.15) is 123 Å². The van der Waals surface area contributed by atoms with Crippen molar-refractivity contribution in [1.29, 1.82) is 0 Å². The summed E-state index contributed by atoms with van der Waals surface area (Å²) in [6, 6.07) is 0. The number of rotatable bonds is 5. The summed E-state index contributed by atoms with van der Waals surface area (Å²) in [5.41, 5.74) is 0.463. The number of hydrogen-bond donors (Lipinski definition) is 0. The Bertz CT molecular complexity index is 124. The van der Waals surface area contributed by atoms with Crippen LogP contribution in [0, 0.1) is 31.1 Å². The van der Waals surface area contributed by atoms with Crippen molar-refractivity contribution in [3.63, 3.8) is 0 Å². The molecule has 1 radical (unpaired) electrons. The fraction of sp³-hybridized carbons (Fsp3) is 0.913. The van der Waals surface area contributed by atoms with Gasteiger partial charge >= 0.3 is 18.6 Å². The molecule has 0 saturated carbocycles. The Morgan fingerprint density at radius 2 is 1.04 bits per heavy atom. The summed E-state index contributed by atoms with van der Waals surface area (Å²) in [7, 11) is 0. The van der Waals surface area contributed by atoms with Crippen LogP contribution in [0.25, 0.3) is 0 Å². The summed E-state index contributed by atoms with van der Waals surface area (Å²) in [6.45, 7) is 36.8. The fourth-order valence-electron chi connectivity index (χ4n) is 2.00. The Morgan fingerprint density at radius 1 is 0.750 bits per heavy atom. The van der Waals surface area contributed by atoms with Gasteiger partial charge in [-0.2, -0.15) is 12.8 Å². The molecule has 0 aliphatic rings.